The lowest BCUT2D eigenvalue weighted by Crippen LogP contribution is -2.39. The Balaban J connectivity index is 1.60. The Morgan fingerprint density at radius 1 is 1.09 bits per heavy atom. The van der Waals surface area contributed by atoms with E-state index >= 15 is 0 Å². The zero-order valence-electron chi connectivity index (χ0n) is 18.9. The summed E-state index contributed by atoms with van der Waals surface area (Å²) in [5, 5.41) is 3.03. The minimum atomic E-state index is -4.46. The van der Waals surface area contributed by atoms with Gasteiger partial charge in [0.15, 0.2) is 11.5 Å². The van der Waals surface area contributed by atoms with Crippen molar-refractivity contribution in [2.24, 2.45) is 0 Å². The van der Waals surface area contributed by atoms with Gasteiger partial charge in [-0.25, -0.2) is 14.4 Å². The highest BCUT2D eigenvalue weighted by Gasteiger charge is 2.27. The molecular formula is C23H25F4N5O3. The van der Waals surface area contributed by atoms with Gasteiger partial charge in [-0.15, -0.1) is 0 Å². The van der Waals surface area contributed by atoms with Crippen LogP contribution in [0.25, 0.3) is 22.3 Å². The van der Waals surface area contributed by atoms with E-state index in [1.807, 2.05) is 0 Å². The zero-order valence-corrected chi connectivity index (χ0v) is 18.9. The number of aromatic nitrogens is 3. The Morgan fingerprint density at radius 3 is 2.54 bits per heavy atom. The number of hydrogen-bond donors (Lipinski definition) is 1. The van der Waals surface area contributed by atoms with Gasteiger partial charge in [0.1, 0.15) is 12.4 Å². The van der Waals surface area contributed by atoms with Crippen LogP contribution in [0.2, 0.25) is 0 Å². The molecule has 1 aliphatic rings. The monoisotopic (exact) mass is 495 g/mol. The molecule has 0 radical (unpaired) electrons. The molecule has 2 aromatic heterocycles. The first kappa shape index (κ1) is 25.0. The Kier molecular flexibility index (Phi) is 7.93. The Hall–Kier alpha value is -3.09. The van der Waals surface area contributed by atoms with Gasteiger partial charge in [0.25, 0.3) is 5.56 Å². The lowest BCUT2D eigenvalue weighted by Gasteiger charge is -2.26. The number of nitrogens with one attached hydrogen (secondary N) is 1. The van der Waals surface area contributed by atoms with Crippen LogP contribution in [0.1, 0.15) is 0 Å². The first-order valence-corrected chi connectivity index (χ1v) is 11.2. The maximum atomic E-state index is 13.3. The highest BCUT2D eigenvalue weighted by molar-refractivity contribution is 5.79. The van der Waals surface area contributed by atoms with Crippen molar-refractivity contribution in [1.29, 1.82) is 0 Å². The standard InChI is InChI=1S/C23H25F4N5O3/c24-18-3-1-16(2-4-18)17-13-19-20(29-14-17)30-21(28-5-6-31-7-10-34-11-8-31)22(33)32(19)9-12-35-15-23(25,26)27/h1-4,13-14H,5-12,15H2,(H,28,29,30). The lowest BCUT2D eigenvalue weighted by atomic mass is 10.1. The quantitative estimate of drug-likeness (QED) is 0.361. The Bertz CT molecular complexity index is 1190. The van der Waals surface area contributed by atoms with Crippen molar-refractivity contribution < 1.29 is 27.0 Å². The average Bonchev–Trinajstić information content (AvgIpc) is 2.84. The summed E-state index contributed by atoms with van der Waals surface area (Å²) >= 11 is 0. The predicted octanol–water partition coefficient (Wildman–Crippen LogP) is 2.92. The molecule has 35 heavy (non-hydrogen) atoms. The molecule has 0 bridgehead atoms. The summed E-state index contributed by atoms with van der Waals surface area (Å²) in [6, 6.07) is 7.41. The zero-order chi connectivity index (χ0) is 24.8. The first-order chi connectivity index (χ1) is 16.8. The minimum absolute atomic E-state index is 0.0589. The van der Waals surface area contributed by atoms with Crippen molar-refractivity contribution in [3.63, 3.8) is 0 Å². The summed E-state index contributed by atoms with van der Waals surface area (Å²) in [6.07, 6.45) is -2.91. The second kappa shape index (κ2) is 11.1. The molecule has 188 valence electrons. The number of morpholine rings is 1. The second-order valence-corrected chi connectivity index (χ2v) is 8.04. The Labute approximate surface area is 198 Å². The molecular weight excluding hydrogens is 470 g/mol. The number of halogens is 4. The number of alkyl halides is 3. The third kappa shape index (κ3) is 6.74. The van der Waals surface area contributed by atoms with Gasteiger partial charge >= 0.3 is 6.18 Å². The summed E-state index contributed by atoms with van der Waals surface area (Å²) in [5.41, 5.74) is 1.37. The molecule has 1 aliphatic heterocycles. The second-order valence-electron chi connectivity index (χ2n) is 8.04. The minimum Gasteiger partial charge on any atom is -0.379 e. The molecule has 0 atom stereocenters. The fraction of sp³-hybridized carbons (Fsp3) is 0.435. The maximum absolute atomic E-state index is 13.3. The van der Waals surface area contributed by atoms with Crippen molar-refractivity contribution in [1.82, 2.24) is 19.4 Å². The van der Waals surface area contributed by atoms with E-state index in [9.17, 15) is 22.4 Å². The SMILES string of the molecule is O=c1c(NCCN2CCOCC2)nc2ncc(-c3ccc(F)cc3)cc2n1CCOCC(F)(F)F. The molecule has 0 unspecified atom stereocenters. The van der Waals surface area contributed by atoms with Gasteiger partial charge < -0.3 is 14.8 Å². The average molecular weight is 495 g/mol. The number of nitrogens with zero attached hydrogens (tertiary/aromatic N) is 4. The molecule has 4 rings (SSSR count). The van der Waals surface area contributed by atoms with Crippen LogP contribution in [0, 0.1) is 5.82 Å². The van der Waals surface area contributed by atoms with Gasteiger partial charge in [-0.05, 0) is 23.8 Å². The molecule has 0 amide bonds. The number of pyridine rings is 1. The van der Waals surface area contributed by atoms with Crippen LogP contribution in [0.3, 0.4) is 0 Å². The molecule has 0 aliphatic carbocycles. The Morgan fingerprint density at radius 2 is 1.83 bits per heavy atom. The van der Waals surface area contributed by atoms with E-state index in [4.69, 9.17) is 9.47 Å². The highest BCUT2D eigenvalue weighted by atomic mass is 19.4. The van der Waals surface area contributed by atoms with Crippen molar-refractivity contribution in [3.8, 4) is 11.1 Å². The number of anilines is 1. The molecule has 1 fully saturated rings. The predicted molar refractivity (Wildman–Crippen MR) is 122 cm³/mol. The fourth-order valence-corrected chi connectivity index (χ4v) is 3.76. The molecule has 0 spiro atoms. The van der Waals surface area contributed by atoms with Crippen molar-refractivity contribution in [3.05, 3.63) is 52.7 Å². The molecule has 3 heterocycles. The van der Waals surface area contributed by atoms with Crippen LogP contribution in [0.4, 0.5) is 23.4 Å². The third-order valence-electron chi connectivity index (χ3n) is 5.53. The van der Waals surface area contributed by atoms with Gasteiger partial charge in [-0.1, -0.05) is 12.1 Å². The van der Waals surface area contributed by atoms with Gasteiger partial charge in [0.2, 0.25) is 0 Å². The largest absolute Gasteiger partial charge is 0.411 e. The van der Waals surface area contributed by atoms with Crippen LogP contribution < -0.4 is 10.9 Å². The summed E-state index contributed by atoms with van der Waals surface area (Å²) in [7, 11) is 0. The van der Waals surface area contributed by atoms with Crippen molar-refractivity contribution in [2.45, 2.75) is 12.7 Å². The van der Waals surface area contributed by atoms with Crippen LogP contribution in [-0.2, 0) is 16.0 Å². The number of hydrogen-bond acceptors (Lipinski definition) is 7. The molecule has 3 aromatic rings. The third-order valence-corrected chi connectivity index (χ3v) is 5.53. The van der Waals surface area contributed by atoms with Crippen LogP contribution in [-0.4, -0.2) is 78.2 Å². The number of ether oxygens (including phenoxy) is 2. The molecule has 1 aromatic carbocycles. The van der Waals surface area contributed by atoms with Crippen molar-refractivity contribution >= 4 is 17.0 Å². The van der Waals surface area contributed by atoms with E-state index in [2.05, 4.69) is 20.2 Å². The smallest absolute Gasteiger partial charge is 0.379 e. The van der Waals surface area contributed by atoms with E-state index < -0.39 is 24.2 Å². The molecule has 8 nitrogen and oxygen atoms in total. The van der Waals surface area contributed by atoms with E-state index in [-0.39, 0.29) is 24.6 Å². The van der Waals surface area contributed by atoms with Crippen molar-refractivity contribution in [2.75, 3.05) is 57.9 Å². The van der Waals surface area contributed by atoms with Crippen LogP contribution >= 0.6 is 0 Å². The van der Waals surface area contributed by atoms with Gasteiger partial charge in [0.05, 0.1) is 25.3 Å². The fourth-order valence-electron chi connectivity index (χ4n) is 3.76. The summed E-state index contributed by atoms with van der Waals surface area (Å²) in [4.78, 5) is 24.1. The number of benzene rings is 1. The lowest BCUT2D eigenvalue weighted by molar-refractivity contribution is -0.174. The van der Waals surface area contributed by atoms with Gasteiger partial charge in [0, 0.05) is 44.5 Å². The van der Waals surface area contributed by atoms with E-state index in [1.165, 1.54) is 16.7 Å². The summed E-state index contributed by atoms with van der Waals surface area (Å²) < 4.78 is 62.1. The summed E-state index contributed by atoms with van der Waals surface area (Å²) in [5.74, 6) is -0.334. The molecule has 1 saturated heterocycles. The van der Waals surface area contributed by atoms with E-state index in [1.54, 1.807) is 24.4 Å². The summed E-state index contributed by atoms with van der Waals surface area (Å²) in [6.45, 7) is 2.16. The number of rotatable bonds is 9. The molecule has 0 saturated carbocycles. The van der Waals surface area contributed by atoms with Crippen LogP contribution in [0.15, 0.2) is 41.3 Å². The van der Waals surface area contributed by atoms with E-state index in [0.29, 0.717) is 42.9 Å². The topological polar surface area (TPSA) is 81.5 Å². The first-order valence-electron chi connectivity index (χ1n) is 11.2. The maximum Gasteiger partial charge on any atom is 0.411 e. The van der Waals surface area contributed by atoms with Gasteiger partial charge in [-0.3, -0.25) is 14.3 Å². The number of fused-ring (bicyclic) bond motifs is 1. The normalized spacial score (nSPS) is 15.0. The van der Waals surface area contributed by atoms with E-state index in [0.717, 1.165) is 13.1 Å². The highest BCUT2D eigenvalue weighted by Crippen LogP contribution is 2.22. The molecule has 1 N–H and O–H groups in total. The molecule has 12 heteroatoms. The van der Waals surface area contributed by atoms with Crippen LogP contribution in [0.5, 0.6) is 0 Å². The van der Waals surface area contributed by atoms with Gasteiger partial charge in [-0.2, -0.15) is 13.2 Å².